The van der Waals surface area contributed by atoms with E-state index in [0.29, 0.717) is 11.0 Å². The minimum atomic E-state index is -0.284. The summed E-state index contributed by atoms with van der Waals surface area (Å²) in [5.41, 5.74) is 2.57. The molecular weight excluding hydrogens is 319 g/mol. The Morgan fingerprint density at radius 3 is 2.56 bits per heavy atom. The van der Waals surface area contributed by atoms with Crippen LogP contribution in [-0.2, 0) is 0 Å². The number of likely N-dealkylation sites (tertiary alicyclic amines) is 1. The molecule has 6 heteroatoms. The van der Waals surface area contributed by atoms with E-state index in [1.54, 1.807) is 23.0 Å². The third-order valence-electron chi connectivity index (χ3n) is 5.75. The van der Waals surface area contributed by atoms with Crippen molar-refractivity contribution >= 4 is 5.91 Å². The monoisotopic (exact) mass is 342 g/mol. The molecule has 1 spiro atoms. The quantitative estimate of drug-likeness (QED) is 0.912. The standard InChI is InChI=1S/C19H23FN4O/c1-14-17(12-22-24(14)16-4-2-15(20)3-5-16)18(25)23-10-7-19(8-11-23)6-9-21-13-19/h2-5,12,21H,6-11,13H2,1H3. The Morgan fingerprint density at radius 2 is 1.92 bits per heavy atom. The summed E-state index contributed by atoms with van der Waals surface area (Å²) in [6, 6.07) is 6.14. The van der Waals surface area contributed by atoms with Gasteiger partial charge in [0, 0.05) is 19.6 Å². The van der Waals surface area contributed by atoms with Gasteiger partial charge in [-0.2, -0.15) is 5.10 Å². The van der Waals surface area contributed by atoms with E-state index in [-0.39, 0.29) is 11.7 Å². The van der Waals surface area contributed by atoms with Crippen LogP contribution in [0.5, 0.6) is 0 Å². The zero-order valence-corrected chi connectivity index (χ0v) is 14.5. The van der Waals surface area contributed by atoms with Crippen LogP contribution in [0.25, 0.3) is 5.69 Å². The molecule has 2 saturated heterocycles. The Morgan fingerprint density at radius 1 is 1.20 bits per heavy atom. The van der Waals surface area contributed by atoms with Crippen molar-refractivity contribution < 1.29 is 9.18 Å². The third-order valence-corrected chi connectivity index (χ3v) is 5.75. The summed E-state index contributed by atoms with van der Waals surface area (Å²) >= 11 is 0. The molecule has 4 rings (SSSR count). The summed E-state index contributed by atoms with van der Waals surface area (Å²) < 4.78 is 14.8. The third kappa shape index (κ3) is 2.95. The Kier molecular flexibility index (Phi) is 4.07. The van der Waals surface area contributed by atoms with Gasteiger partial charge in [0.15, 0.2) is 0 Å². The summed E-state index contributed by atoms with van der Waals surface area (Å²) in [5, 5.41) is 7.79. The lowest BCUT2D eigenvalue weighted by Gasteiger charge is -2.38. The van der Waals surface area contributed by atoms with Crippen LogP contribution < -0.4 is 5.32 Å². The second-order valence-corrected chi connectivity index (χ2v) is 7.25. The molecule has 2 fully saturated rings. The van der Waals surface area contributed by atoms with Gasteiger partial charge in [-0.05, 0) is 62.4 Å². The van der Waals surface area contributed by atoms with Crippen LogP contribution in [-0.4, -0.2) is 46.8 Å². The molecule has 1 amide bonds. The van der Waals surface area contributed by atoms with Gasteiger partial charge in [0.2, 0.25) is 0 Å². The Hall–Kier alpha value is -2.21. The topological polar surface area (TPSA) is 50.2 Å². The van der Waals surface area contributed by atoms with E-state index in [2.05, 4.69) is 10.4 Å². The number of hydrogen-bond acceptors (Lipinski definition) is 3. The number of halogens is 1. The lowest BCUT2D eigenvalue weighted by molar-refractivity contribution is 0.0607. The van der Waals surface area contributed by atoms with Crippen molar-refractivity contribution in [2.24, 2.45) is 5.41 Å². The first kappa shape index (κ1) is 16.3. The predicted octanol–water partition coefficient (Wildman–Crippen LogP) is 2.54. The maximum atomic E-state index is 13.1. The molecule has 0 aliphatic carbocycles. The van der Waals surface area contributed by atoms with Crippen molar-refractivity contribution in [1.82, 2.24) is 20.0 Å². The molecule has 3 heterocycles. The van der Waals surface area contributed by atoms with Gasteiger partial charge in [0.1, 0.15) is 5.82 Å². The Labute approximate surface area is 146 Å². The highest BCUT2D eigenvalue weighted by Gasteiger charge is 2.38. The zero-order valence-electron chi connectivity index (χ0n) is 14.5. The van der Waals surface area contributed by atoms with Crippen molar-refractivity contribution in [2.75, 3.05) is 26.2 Å². The summed E-state index contributed by atoms with van der Waals surface area (Å²) in [4.78, 5) is 14.9. The molecule has 2 aliphatic rings. The number of amides is 1. The fourth-order valence-corrected chi connectivity index (χ4v) is 4.04. The molecule has 5 nitrogen and oxygen atoms in total. The average Bonchev–Trinajstić information content (AvgIpc) is 3.23. The lowest BCUT2D eigenvalue weighted by Crippen LogP contribution is -2.44. The van der Waals surface area contributed by atoms with Crippen LogP contribution in [0.1, 0.15) is 35.3 Å². The normalized spacial score (nSPS) is 19.5. The molecule has 0 bridgehead atoms. The van der Waals surface area contributed by atoms with E-state index in [9.17, 15) is 9.18 Å². The smallest absolute Gasteiger partial charge is 0.257 e. The second-order valence-electron chi connectivity index (χ2n) is 7.25. The van der Waals surface area contributed by atoms with E-state index in [4.69, 9.17) is 0 Å². The summed E-state index contributed by atoms with van der Waals surface area (Å²) in [6.45, 7) is 5.67. The number of nitrogens with one attached hydrogen (secondary N) is 1. The van der Waals surface area contributed by atoms with E-state index in [0.717, 1.165) is 50.4 Å². The maximum Gasteiger partial charge on any atom is 0.257 e. The first-order valence-electron chi connectivity index (χ1n) is 8.89. The van der Waals surface area contributed by atoms with E-state index in [1.807, 2.05) is 11.8 Å². The highest BCUT2D eigenvalue weighted by molar-refractivity contribution is 5.95. The molecule has 1 N–H and O–H groups in total. The first-order chi connectivity index (χ1) is 12.1. The van der Waals surface area contributed by atoms with Gasteiger partial charge < -0.3 is 10.2 Å². The van der Waals surface area contributed by atoms with Gasteiger partial charge in [-0.1, -0.05) is 0 Å². The van der Waals surface area contributed by atoms with Gasteiger partial charge in [-0.25, -0.2) is 9.07 Å². The van der Waals surface area contributed by atoms with Gasteiger partial charge >= 0.3 is 0 Å². The highest BCUT2D eigenvalue weighted by atomic mass is 19.1. The van der Waals surface area contributed by atoms with E-state index >= 15 is 0 Å². The number of carbonyl (C=O) groups excluding carboxylic acids is 1. The first-order valence-corrected chi connectivity index (χ1v) is 8.89. The molecule has 0 radical (unpaired) electrons. The number of nitrogens with zero attached hydrogens (tertiary/aromatic N) is 3. The van der Waals surface area contributed by atoms with Gasteiger partial charge in [0.25, 0.3) is 5.91 Å². The number of aromatic nitrogens is 2. The molecule has 2 aromatic rings. The number of piperidine rings is 1. The van der Waals surface area contributed by atoms with Gasteiger partial charge in [0.05, 0.1) is 23.1 Å². The highest BCUT2D eigenvalue weighted by Crippen LogP contribution is 2.37. The SMILES string of the molecule is Cc1c(C(=O)N2CCC3(CCNC3)CC2)cnn1-c1ccc(F)cc1. The second kappa shape index (κ2) is 6.26. The molecule has 0 saturated carbocycles. The minimum Gasteiger partial charge on any atom is -0.338 e. The summed E-state index contributed by atoms with van der Waals surface area (Å²) in [5.74, 6) is -0.236. The fraction of sp³-hybridized carbons (Fsp3) is 0.474. The summed E-state index contributed by atoms with van der Waals surface area (Å²) in [7, 11) is 0. The maximum absolute atomic E-state index is 13.1. The Balaban J connectivity index is 1.50. The number of benzene rings is 1. The molecular formula is C19H23FN4O. The van der Waals surface area contributed by atoms with Crippen LogP contribution in [0, 0.1) is 18.2 Å². The lowest BCUT2D eigenvalue weighted by atomic mass is 9.78. The minimum absolute atomic E-state index is 0.0478. The zero-order chi connectivity index (χ0) is 17.4. The van der Waals surface area contributed by atoms with Crippen molar-refractivity contribution in [2.45, 2.75) is 26.2 Å². The Bertz CT molecular complexity index is 767. The van der Waals surface area contributed by atoms with Crippen molar-refractivity contribution in [3.8, 4) is 5.69 Å². The molecule has 2 aliphatic heterocycles. The van der Waals surface area contributed by atoms with E-state index in [1.165, 1.54) is 18.6 Å². The number of carbonyl (C=O) groups is 1. The molecule has 1 aromatic heterocycles. The van der Waals surface area contributed by atoms with Gasteiger partial charge in [-0.3, -0.25) is 4.79 Å². The molecule has 25 heavy (non-hydrogen) atoms. The predicted molar refractivity (Wildman–Crippen MR) is 93.3 cm³/mol. The van der Waals surface area contributed by atoms with Crippen LogP contribution in [0.15, 0.2) is 30.5 Å². The van der Waals surface area contributed by atoms with Crippen LogP contribution in [0.4, 0.5) is 4.39 Å². The summed E-state index contributed by atoms with van der Waals surface area (Å²) in [6.07, 6.45) is 4.98. The van der Waals surface area contributed by atoms with E-state index < -0.39 is 0 Å². The van der Waals surface area contributed by atoms with Crippen molar-refractivity contribution in [3.05, 3.63) is 47.5 Å². The molecule has 0 unspecified atom stereocenters. The van der Waals surface area contributed by atoms with Crippen LogP contribution in [0.2, 0.25) is 0 Å². The molecule has 132 valence electrons. The van der Waals surface area contributed by atoms with Crippen LogP contribution in [0.3, 0.4) is 0 Å². The van der Waals surface area contributed by atoms with Gasteiger partial charge in [-0.15, -0.1) is 0 Å². The average molecular weight is 342 g/mol. The van der Waals surface area contributed by atoms with Crippen molar-refractivity contribution in [1.29, 1.82) is 0 Å². The largest absolute Gasteiger partial charge is 0.338 e. The fourth-order valence-electron chi connectivity index (χ4n) is 4.04. The number of rotatable bonds is 2. The van der Waals surface area contributed by atoms with Crippen molar-refractivity contribution in [3.63, 3.8) is 0 Å². The number of hydrogen-bond donors (Lipinski definition) is 1. The molecule has 0 atom stereocenters. The van der Waals surface area contributed by atoms with Crippen LogP contribution >= 0.6 is 0 Å². The molecule has 1 aromatic carbocycles.